The molecule has 31 heavy (non-hydrogen) atoms. The van der Waals surface area contributed by atoms with Crippen LogP contribution in [0.15, 0.2) is 52.7 Å². The molecule has 4 rings (SSSR count). The fraction of sp³-hybridized carbons (Fsp3) is 0.435. The third-order valence-corrected chi connectivity index (χ3v) is 7.03. The van der Waals surface area contributed by atoms with E-state index >= 15 is 0 Å². The van der Waals surface area contributed by atoms with Gasteiger partial charge in [-0.3, -0.25) is 0 Å². The molecule has 0 amide bonds. The highest BCUT2D eigenvalue weighted by Gasteiger charge is 2.33. The Morgan fingerprint density at radius 3 is 2.35 bits per heavy atom. The first-order valence-corrected chi connectivity index (χ1v) is 12.2. The van der Waals surface area contributed by atoms with Crippen molar-refractivity contribution in [3.8, 4) is 0 Å². The molecule has 2 aliphatic rings. The largest absolute Gasteiger partial charge is 0.360 e. The molecule has 1 aliphatic carbocycles. The van der Waals surface area contributed by atoms with E-state index in [1.807, 2.05) is 36.4 Å². The molecule has 8 heteroatoms. The molecule has 3 unspecified atom stereocenters. The van der Waals surface area contributed by atoms with Crippen molar-refractivity contribution in [1.29, 1.82) is 0 Å². The summed E-state index contributed by atoms with van der Waals surface area (Å²) in [5.74, 6) is 0. The van der Waals surface area contributed by atoms with Crippen LogP contribution in [-0.2, 0) is 0 Å². The maximum absolute atomic E-state index is 6.57. The number of azo groups is 1. The highest BCUT2D eigenvalue weighted by atomic mass is 35.5. The molecule has 0 radical (unpaired) electrons. The van der Waals surface area contributed by atoms with Gasteiger partial charge in [-0.2, -0.15) is 10.2 Å². The molecular weight excluding hydrogens is 471 g/mol. The SMILES string of the molecule is S=C(NC1CCCCC1)NC(c1ccc(Cl)cc1Cl)C1CC(c2ccc(Cl)cc2)N=N1. The Labute approximate surface area is 203 Å². The van der Waals surface area contributed by atoms with Crippen molar-refractivity contribution in [2.45, 2.75) is 62.7 Å². The molecule has 1 heterocycles. The number of nitrogens with one attached hydrogen (secondary N) is 2. The molecular formula is C23H25Cl3N4S. The Bertz CT molecular complexity index is 944. The van der Waals surface area contributed by atoms with Gasteiger partial charge in [0.2, 0.25) is 0 Å². The standard InChI is InChI=1S/C23H25Cl3N4S/c24-15-8-6-14(7-9-15)20-13-21(30-29-20)22(18-11-10-16(25)12-19(18)26)28-23(31)27-17-4-2-1-3-5-17/h6-12,17,20-22H,1-5,13H2,(H2,27,28,31). The molecule has 1 fully saturated rings. The van der Waals surface area contributed by atoms with E-state index in [0.29, 0.717) is 26.2 Å². The van der Waals surface area contributed by atoms with E-state index in [0.717, 1.165) is 30.4 Å². The Hall–Kier alpha value is -1.40. The average molecular weight is 496 g/mol. The van der Waals surface area contributed by atoms with Gasteiger partial charge >= 0.3 is 0 Å². The molecule has 0 spiro atoms. The van der Waals surface area contributed by atoms with Crippen molar-refractivity contribution in [3.63, 3.8) is 0 Å². The van der Waals surface area contributed by atoms with Crippen molar-refractivity contribution in [1.82, 2.24) is 10.6 Å². The minimum Gasteiger partial charge on any atom is -0.360 e. The van der Waals surface area contributed by atoms with Gasteiger partial charge in [-0.15, -0.1) is 0 Å². The highest BCUT2D eigenvalue weighted by Crippen LogP contribution is 2.38. The van der Waals surface area contributed by atoms with Gasteiger partial charge in [0.25, 0.3) is 0 Å². The Kier molecular flexibility index (Phi) is 7.70. The van der Waals surface area contributed by atoms with E-state index in [1.54, 1.807) is 6.07 Å². The number of hydrogen-bond donors (Lipinski definition) is 2. The number of thiocarbonyl (C=S) groups is 1. The van der Waals surface area contributed by atoms with Crippen LogP contribution < -0.4 is 10.6 Å². The molecule has 164 valence electrons. The van der Waals surface area contributed by atoms with Gasteiger partial charge in [0.15, 0.2) is 5.11 Å². The first kappa shape index (κ1) is 22.8. The van der Waals surface area contributed by atoms with E-state index in [2.05, 4.69) is 20.9 Å². The van der Waals surface area contributed by atoms with Crippen LogP contribution in [0.2, 0.25) is 15.1 Å². The molecule has 2 aromatic rings. The van der Waals surface area contributed by atoms with E-state index in [9.17, 15) is 0 Å². The fourth-order valence-electron chi connectivity index (χ4n) is 4.33. The third-order valence-electron chi connectivity index (χ3n) is 5.98. The van der Waals surface area contributed by atoms with E-state index < -0.39 is 0 Å². The lowest BCUT2D eigenvalue weighted by Gasteiger charge is -2.29. The first-order valence-electron chi connectivity index (χ1n) is 10.7. The minimum atomic E-state index is -0.200. The van der Waals surface area contributed by atoms with E-state index in [1.165, 1.54) is 19.3 Å². The van der Waals surface area contributed by atoms with Crippen molar-refractivity contribution < 1.29 is 0 Å². The first-order chi connectivity index (χ1) is 15.0. The molecule has 0 saturated heterocycles. The zero-order chi connectivity index (χ0) is 21.8. The summed E-state index contributed by atoms with van der Waals surface area (Å²) in [7, 11) is 0. The summed E-state index contributed by atoms with van der Waals surface area (Å²) in [6.45, 7) is 0. The highest BCUT2D eigenvalue weighted by molar-refractivity contribution is 7.80. The fourth-order valence-corrected chi connectivity index (χ4v) is 5.28. The summed E-state index contributed by atoms with van der Waals surface area (Å²) >= 11 is 24.4. The van der Waals surface area contributed by atoms with Crippen molar-refractivity contribution in [3.05, 3.63) is 68.7 Å². The predicted molar refractivity (Wildman–Crippen MR) is 132 cm³/mol. The Balaban J connectivity index is 1.52. The normalized spacial score (nSPS) is 22.3. The molecule has 3 atom stereocenters. The van der Waals surface area contributed by atoms with Gasteiger partial charge in [-0.1, -0.05) is 72.3 Å². The summed E-state index contributed by atoms with van der Waals surface area (Å²) in [6.07, 6.45) is 6.84. The van der Waals surface area contributed by atoms with Gasteiger partial charge in [-0.05, 0) is 60.5 Å². The summed E-state index contributed by atoms with van der Waals surface area (Å²) in [6, 6.07) is 13.4. The molecule has 1 aliphatic heterocycles. The summed E-state index contributed by atoms with van der Waals surface area (Å²) in [5.41, 5.74) is 2.01. The number of rotatable bonds is 5. The zero-order valence-electron chi connectivity index (χ0n) is 17.0. The van der Waals surface area contributed by atoms with Gasteiger partial charge < -0.3 is 10.6 Å². The maximum Gasteiger partial charge on any atom is 0.167 e. The van der Waals surface area contributed by atoms with Gasteiger partial charge in [0.05, 0.1) is 18.1 Å². The third kappa shape index (κ3) is 5.89. The minimum absolute atomic E-state index is 0.0162. The lowest BCUT2D eigenvalue weighted by molar-refractivity contribution is 0.407. The smallest absolute Gasteiger partial charge is 0.167 e. The quantitative estimate of drug-likeness (QED) is 0.423. The van der Waals surface area contributed by atoms with Gasteiger partial charge in [0.1, 0.15) is 0 Å². The summed E-state index contributed by atoms with van der Waals surface area (Å²) < 4.78 is 0. The van der Waals surface area contributed by atoms with Crippen LogP contribution in [0.4, 0.5) is 0 Å². The maximum atomic E-state index is 6.57. The molecule has 4 nitrogen and oxygen atoms in total. The zero-order valence-corrected chi connectivity index (χ0v) is 20.1. The second kappa shape index (κ2) is 10.5. The van der Waals surface area contributed by atoms with E-state index in [-0.39, 0.29) is 18.1 Å². The Morgan fingerprint density at radius 1 is 0.935 bits per heavy atom. The second-order valence-electron chi connectivity index (χ2n) is 8.20. The summed E-state index contributed by atoms with van der Waals surface area (Å²) in [5, 5.41) is 18.7. The molecule has 2 N–H and O–H groups in total. The van der Waals surface area contributed by atoms with Crippen LogP contribution in [0.1, 0.15) is 61.7 Å². The van der Waals surface area contributed by atoms with Crippen LogP contribution >= 0.6 is 47.0 Å². The van der Waals surface area contributed by atoms with Crippen molar-refractivity contribution >= 4 is 52.1 Å². The molecule has 1 saturated carbocycles. The number of nitrogens with zero attached hydrogens (tertiary/aromatic N) is 2. The van der Waals surface area contributed by atoms with Crippen LogP contribution in [0, 0.1) is 0 Å². The number of halogens is 3. The van der Waals surface area contributed by atoms with E-state index in [4.69, 9.17) is 47.0 Å². The van der Waals surface area contributed by atoms with Crippen LogP contribution in [0.25, 0.3) is 0 Å². The van der Waals surface area contributed by atoms with Crippen molar-refractivity contribution in [2.75, 3.05) is 0 Å². The molecule has 2 aromatic carbocycles. The predicted octanol–water partition coefficient (Wildman–Crippen LogP) is 7.45. The monoisotopic (exact) mass is 494 g/mol. The lowest BCUT2D eigenvalue weighted by atomic mass is 9.93. The lowest BCUT2D eigenvalue weighted by Crippen LogP contribution is -2.46. The van der Waals surface area contributed by atoms with Gasteiger partial charge in [0, 0.05) is 27.5 Å². The van der Waals surface area contributed by atoms with Crippen molar-refractivity contribution in [2.24, 2.45) is 10.2 Å². The number of benzene rings is 2. The topological polar surface area (TPSA) is 48.8 Å². The van der Waals surface area contributed by atoms with Crippen LogP contribution in [0.5, 0.6) is 0 Å². The summed E-state index contributed by atoms with van der Waals surface area (Å²) in [4.78, 5) is 0. The second-order valence-corrected chi connectivity index (χ2v) is 9.89. The van der Waals surface area contributed by atoms with Crippen LogP contribution in [-0.4, -0.2) is 17.2 Å². The van der Waals surface area contributed by atoms with Crippen LogP contribution in [0.3, 0.4) is 0 Å². The average Bonchev–Trinajstić information content (AvgIpc) is 3.24. The Morgan fingerprint density at radius 2 is 1.65 bits per heavy atom. The molecule has 0 aromatic heterocycles. The molecule has 0 bridgehead atoms. The number of hydrogen-bond acceptors (Lipinski definition) is 3. The van der Waals surface area contributed by atoms with Gasteiger partial charge in [-0.25, -0.2) is 0 Å².